The highest BCUT2D eigenvalue weighted by molar-refractivity contribution is 8.02. The Morgan fingerprint density at radius 1 is 0.963 bits per heavy atom. The van der Waals surface area contributed by atoms with Crippen LogP contribution in [0.2, 0.25) is 0 Å². The maximum Gasteiger partial charge on any atom is 0.256 e. The van der Waals surface area contributed by atoms with Gasteiger partial charge < -0.3 is 5.32 Å². The van der Waals surface area contributed by atoms with E-state index in [9.17, 15) is 13.2 Å². The first kappa shape index (κ1) is 18.1. The van der Waals surface area contributed by atoms with Crippen LogP contribution in [0.25, 0.3) is 10.8 Å². The number of hydrogen-bond acceptors (Lipinski definition) is 4. The van der Waals surface area contributed by atoms with Crippen LogP contribution in [0.1, 0.15) is 16.8 Å². The average Bonchev–Trinajstić information content (AvgIpc) is 3.00. The predicted molar refractivity (Wildman–Crippen MR) is 111 cm³/mol. The monoisotopic (exact) mass is 397 g/mol. The molecule has 6 heteroatoms. The largest absolute Gasteiger partial charge is 0.322 e. The van der Waals surface area contributed by atoms with Crippen molar-refractivity contribution in [2.24, 2.45) is 0 Å². The van der Waals surface area contributed by atoms with Gasteiger partial charge in [0.25, 0.3) is 5.91 Å². The van der Waals surface area contributed by atoms with Crippen molar-refractivity contribution < 1.29 is 13.2 Å². The third-order valence-corrected chi connectivity index (χ3v) is 7.95. The number of thioether (sulfide) groups is 1. The summed E-state index contributed by atoms with van der Waals surface area (Å²) in [6, 6.07) is 21.2. The Kier molecular flexibility index (Phi) is 4.93. The fraction of sp³-hybridized carbons (Fsp3) is 0.190. The molecule has 0 saturated carbocycles. The molecule has 27 heavy (non-hydrogen) atoms. The lowest BCUT2D eigenvalue weighted by Crippen LogP contribution is -2.14. The minimum atomic E-state index is -2.94. The summed E-state index contributed by atoms with van der Waals surface area (Å²) in [5.74, 6) is 0.225. The van der Waals surface area contributed by atoms with Crippen molar-refractivity contribution >= 4 is 44.0 Å². The van der Waals surface area contributed by atoms with Crippen LogP contribution in [0.15, 0.2) is 71.6 Å². The molecule has 1 amide bonds. The Labute approximate surface area is 162 Å². The molecule has 0 radical (unpaired) electrons. The van der Waals surface area contributed by atoms with Gasteiger partial charge in [0.1, 0.15) is 0 Å². The van der Waals surface area contributed by atoms with Gasteiger partial charge in [0.15, 0.2) is 9.84 Å². The second kappa shape index (κ2) is 7.37. The summed E-state index contributed by atoms with van der Waals surface area (Å²) in [6.45, 7) is 0. The average molecular weight is 398 g/mol. The fourth-order valence-corrected chi connectivity index (χ4v) is 6.88. The third kappa shape index (κ3) is 4.17. The van der Waals surface area contributed by atoms with Crippen molar-refractivity contribution in [1.82, 2.24) is 0 Å². The molecular formula is C21H19NO3S2. The first-order valence-electron chi connectivity index (χ1n) is 8.76. The van der Waals surface area contributed by atoms with E-state index in [1.54, 1.807) is 6.07 Å². The molecule has 1 heterocycles. The van der Waals surface area contributed by atoms with E-state index in [1.165, 1.54) is 11.8 Å². The number of sulfone groups is 1. The van der Waals surface area contributed by atoms with Gasteiger partial charge in [-0.05, 0) is 41.5 Å². The standard InChI is InChI=1S/C21H19NO3S2/c23-21(22-17-10-9-15-5-1-2-6-16(15)13-17)19-7-3-4-8-20(19)26-18-11-12-27(24,25)14-18/h1-10,13,18H,11-12,14H2,(H,22,23)/t18-/m0/s1. The molecule has 4 nitrogen and oxygen atoms in total. The topological polar surface area (TPSA) is 63.2 Å². The van der Waals surface area contributed by atoms with Gasteiger partial charge in [0.2, 0.25) is 0 Å². The van der Waals surface area contributed by atoms with Gasteiger partial charge in [-0.3, -0.25) is 4.79 Å². The number of carbonyl (C=O) groups excluding carboxylic acids is 1. The maximum atomic E-state index is 12.8. The van der Waals surface area contributed by atoms with Gasteiger partial charge in [-0.25, -0.2) is 8.42 Å². The lowest BCUT2D eigenvalue weighted by molar-refractivity contribution is 0.102. The number of anilines is 1. The number of nitrogens with one attached hydrogen (secondary N) is 1. The van der Waals surface area contributed by atoms with Crippen LogP contribution in [0.4, 0.5) is 5.69 Å². The zero-order chi connectivity index (χ0) is 18.9. The zero-order valence-corrected chi connectivity index (χ0v) is 16.2. The normalized spacial score (nSPS) is 18.4. The van der Waals surface area contributed by atoms with Crippen molar-refractivity contribution in [3.8, 4) is 0 Å². The number of benzene rings is 3. The number of hydrogen-bond donors (Lipinski definition) is 1. The van der Waals surface area contributed by atoms with Gasteiger partial charge in [-0.15, -0.1) is 11.8 Å². The van der Waals surface area contributed by atoms with Gasteiger partial charge in [-0.1, -0.05) is 42.5 Å². The Bertz CT molecular complexity index is 1110. The van der Waals surface area contributed by atoms with E-state index in [4.69, 9.17) is 0 Å². The predicted octanol–water partition coefficient (Wildman–Crippen LogP) is 4.37. The van der Waals surface area contributed by atoms with Crippen LogP contribution in [0, 0.1) is 0 Å². The van der Waals surface area contributed by atoms with Gasteiger partial charge >= 0.3 is 0 Å². The first-order chi connectivity index (χ1) is 13.0. The van der Waals surface area contributed by atoms with E-state index in [0.29, 0.717) is 12.0 Å². The summed E-state index contributed by atoms with van der Waals surface area (Å²) in [7, 11) is -2.94. The first-order valence-corrected chi connectivity index (χ1v) is 11.5. The molecule has 1 atom stereocenters. The maximum absolute atomic E-state index is 12.8. The zero-order valence-electron chi connectivity index (χ0n) is 14.6. The molecule has 0 unspecified atom stereocenters. The van der Waals surface area contributed by atoms with Crippen LogP contribution >= 0.6 is 11.8 Å². The van der Waals surface area contributed by atoms with E-state index in [1.807, 2.05) is 60.7 Å². The molecule has 1 aliphatic heterocycles. The third-order valence-electron chi connectivity index (χ3n) is 4.62. The minimum Gasteiger partial charge on any atom is -0.322 e. The summed E-state index contributed by atoms with van der Waals surface area (Å²) in [4.78, 5) is 13.6. The second-order valence-electron chi connectivity index (χ2n) is 6.66. The lowest BCUT2D eigenvalue weighted by atomic mass is 10.1. The SMILES string of the molecule is O=C(Nc1ccc2ccccc2c1)c1ccccc1S[C@H]1CCS(=O)(=O)C1. The molecule has 1 saturated heterocycles. The molecule has 0 aromatic heterocycles. The fourth-order valence-electron chi connectivity index (χ4n) is 3.26. The Morgan fingerprint density at radius 2 is 1.70 bits per heavy atom. The van der Waals surface area contributed by atoms with E-state index >= 15 is 0 Å². The van der Waals surface area contributed by atoms with Crippen molar-refractivity contribution in [2.75, 3.05) is 16.8 Å². The van der Waals surface area contributed by atoms with Gasteiger partial charge in [-0.2, -0.15) is 0 Å². The van der Waals surface area contributed by atoms with Gasteiger partial charge in [0.05, 0.1) is 17.1 Å². The molecule has 1 aliphatic rings. The van der Waals surface area contributed by atoms with E-state index in [-0.39, 0.29) is 22.7 Å². The van der Waals surface area contributed by atoms with E-state index < -0.39 is 9.84 Å². The number of fused-ring (bicyclic) bond motifs is 1. The summed E-state index contributed by atoms with van der Waals surface area (Å²) < 4.78 is 23.4. The van der Waals surface area contributed by atoms with Crippen LogP contribution in [0.5, 0.6) is 0 Å². The molecular weight excluding hydrogens is 378 g/mol. The molecule has 138 valence electrons. The smallest absolute Gasteiger partial charge is 0.256 e. The Hall–Kier alpha value is -2.31. The molecule has 4 rings (SSSR count). The van der Waals surface area contributed by atoms with Crippen LogP contribution in [-0.2, 0) is 9.84 Å². The quantitative estimate of drug-likeness (QED) is 0.710. The van der Waals surface area contributed by atoms with Crippen molar-refractivity contribution in [1.29, 1.82) is 0 Å². The lowest BCUT2D eigenvalue weighted by Gasteiger charge is -2.13. The van der Waals surface area contributed by atoms with Crippen LogP contribution < -0.4 is 5.32 Å². The summed E-state index contributed by atoms with van der Waals surface area (Å²) in [6.07, 6.45) is 0.633. The van der Waals surface area contributed by atoms with E-state index in [2.05, 4.69) is 5.32 Å². The van der Waals surface area contributed by atoms with Gasteiger partial charge in [0, 0.05) is 15.8 Å². The highest BCUT2D eigenvalue weighted by Gasteiger charge is 2.29. The molecule has 0 bridgehead atoms. The molecule has 1 N–H and O–H groups in total. The summed E-state index contributed by atoms with van der Waals surface area (Å²) in [5.41, 5.74) is 1.31. The number of carbonyl (C=O) groups is 1. The second-order valence-corrected chi connectivity index (χ2v) is 10.2. The highest BCUT2D eigenvalue weighted by atomic mass is 32.2. The van der Waals surface area contributed by atoms with Crippen molar-refractivity contribution in [3.63, 3.8) is 0 Å². The number of amides is 1. The highest BCUT2D eigenvalue weighted by Crippen LogP contribution is 2.33. The molecule has 0 spiro atoms. The molecule has 0 aliphatic carbocycles. The van der Waals surface area contributed by atoms with Crippen molar-refractivity contribution in [2.45, 2.75) is 16.6 Å². The Balaban J connectivity index is 1.54. The number of rotatable bonds is 4. The van der Waals surface area contributed by atoms with Crippen LogP contribution in [-0.4, -0.2) is 31.1 Å². The Morgan fingerprint density at radius 3 is 2.48 bits per heavy atom. The minimum absolute atomic E-state index is 0.00428. The molecule has 1 fully saturated rings. The molecule has 3 aromatic carbocycles. The molecule has 3 aromatic rings. The van der Waals surface area contributed by atoms with Crippen molar-refractivity contribution in [3.05, 3.63) is 72.3 Å². The summed E-state index contributed by atoms with van der Waals surface area (Å²) in [5, 5.41) is 5.15. The van der Waals surface area contributed by atoms with E-state index in [0.717, 1.165) is 21.4 Å². The summed E-state index contributed by atoms with van der Waals surface area (Å²) >= 11 is 1.48. The van der Waals surface area contributed by atoms with Crippen LogP contribution in [0.3, 0.4) is 0 Å².